The van der Waals surface area contributed by atoms with Crippen molar-refractivity contribution < 1.29 is 8.42 Å². The van der Waals surface area contributed by atoms with Gasteiger partial charge in [0.2, 0.25) is 0 Å². The van der Waals surface area contributed by atoms with Gasteiger partial charge in [0.1, 0.15) is 9.84 Å². The number of alkyl halides is 1. The van der Waals surface area contributed by atoms with Crippen LogP contribution >= 0.6 is 11.6 Å². The van der Waals surface area contributed by atoms with Crippen LogP contribution in [0.5, 0.6) is 0 Å². The lowest BCUT2D eigenvalue weighted by atomic mass is 9.79. The van der Waals surface area contributed by atoms with Crippen LogP contribution in [0.1, 0.15) is 46.0 Å². The van der Waals surface area contributed by atoms with E-state index in [9.17, 15) is 8.42 Å². The Morgan fingerprint density at radius 3 is 2.50 bits per heavy atom. The van der Waals surface area contributed by atoms with E-state index in [1.54, 1.807) is 6.92 Å². The van der Waals surface area contributed by atoms with E-state index < -0.39 is 9.84 Å². The Hall–Kier alpha value is 0.240. The molecule has 4 heteroatoms. The van der Waals surface area contributed by atoms with Crippen LogP contribution in [0.2, 0.25) is 0 Å². The predicted molar refractivity (Wildman–Crippen MR) is 69.7 cm³/mol. The highest BCUT2D eigenvalue weighted by molar-refractivity contribution is 7.91. The number of hydrogen-bond acceptors (Lipinski definition) is 2. The summed E-state index contributed by atoms with van der Waals surface area (Å²) in [6.07, 6.45) is 5.32. The van der Waals surface area contributed by atoms with Gasteiger partial charge in [-0.2, -0.15) is 0 Å². The van der Waals surface area contributed by atoms with E-state index in [4.69, 9.17) is 11.6 Å². The van der Waals surface area contributed by atoms with E-state index in [2.05, 4.69) is 6.92 Å². The minimum absolute atomic E-state index is 0.190. The van der Waals surface area contributed by atoms with Crippen LogP contribution < -0.4 is 0 Å². The molecule has 16 heavy (non-hydrogen) atoms. The summed E-state index contributed by atoms with van der Waals surface area (Å²) < 4.78 is 22.9. The normalized spacial score (nSPS) is 31.6. The fourth-order valence-electron chi connectivity index (χ4n) is 2.47. The summed E-state index contributed by atoms with van der Waals surface area (Å²) in [5, 5.41) is 0.190. The maximum atomic E-state index is 11.5. The highest BCUT2D eigenvalue weighted by Gasteiger charge is 2.29. The molecule has 2 nitrogen and oxygen atoms in total. The second kappa shape index (κ2) is 6.25. The molecule has 0 aliphatic heterocycles. The van der Waals surface area contributed by atoms with E-state index in [-0.39, 0.29) is 11.1 Å². The van der Waals surface area contributed by atoms with Gasteiger partial charge >= 0.3 is 0 Å². The second-order valence-electron chi connectivity index (χ2n) is 4.89. The van der Waals surface area contributed by atoms with Crippen molar-refractivity contribution in [3.8, 4) is 0 Å². The smallest absolute Gasteiger partial charge is 0.150 e. The fraction of sp³-hybridized carbons (Fsp3) is 1.00. The molecule has 3 unspecified atom stereocenters. The summed E-state index contributed by atoms with van der Waals surface area (Å²) in [5.74, 6) is 1.73. The van der Waals surface area contributed by atoms with E-state index in [1.807, 2.05) is 0 Å². The number of rotatable bonds is 5. The fourth-order valence-corrected chi connectivity index (χ4v) is 3.77. The average Bonchev–Trinajstić information content (AvgIpc) is 2.28. The summed E-state index contributed by atoms with van der Waals surface area (Å²) in [6, 6.07) is 0. The standard InChI is InChI=1S/C12H23ClO2S/c1-3-10-5-6-12(13)11(9-10)7-8-16(14,15)4-2/h10-12H,3-9H2,1-2H3. The lowest BCUT2D eigenvalue weighted by Gasteiger charge is -2.32. The van der Waals surface area contributed by atoms with Crippen LogP contribution in [0.4, 0.5) is 0 Å². The molecule has 1 aliphatic carbocycles. The monoisotopic (exact) mass is 266 g/mol. The van der Waals surface area contributed by atoms with Gasteiger partial charge in [-0.05, 0) is 37.5 Å². The lowest BCUT2D eigenvalue weighted by molar-refractivity contribution is 0.261. The number of halogens is 1. The van der Waals surface area contributed by atoms with Gasteiger partial charge in [0.15, 0.2) is 0 Å². The molecule has 0 aromatic heterocycles. The maximum absolute atomic E-state index is 11.5. The summed E-state index contributed by atoms with van der Waals surface area (Å²) in [4.78, 5) is 0. The van der Waals surface area contributed by atoms with Gasteiger partial charge in [0.25, 0.3) is 0 Å². The van der Waals surface area contributed by atoms with Crippen molar-refractivity contribution in [1.82, 2.24) is 0 Å². The Balaban J connectivity index is 2.45. The van der Waals surface area contributed by atoms with E-state index in [0.717, 1.165) is 25.2 Å². The van der Waals surface area contributed by atoms with Gasteiger partial charge in [0.05, 0.1) is 5.75 Å². The van der Waals surface area contributed by atoms with E-state index in [0.29, 0.717) is 11.7 Å². The number of sulfone groups is 1. The van der Waals surface area contributed by atoms with Crippen LogP contribution in [-0.4, -0.2) is 25.3 Å². The third-order valence-corrected chi connectivity index (χ3v) is 6.13. The van der Waals surface area contributed by atoms with Gasteiger partial charge in [-0.3, -0.25) is 0 Å². The highest BCUT2D eigenvalue weighted by Crippen LogP contribution is 2.36. The summed E-state index contributed by atoms with van der Waals surface area (Å²) >= 11 is 6.28. The van der Waals surface area contributed by atoms with Crippen LogP contribution in [0.25, 0.3) is 0 Å². The summed E-state index contributed by atoms with van der Waals surface area (Å²) in [5.41, 5.74) is 0. The molecule has 0 bridgehead atoms. The molecule has 0 heterocycles. The molecule has 1 rings (SSSR count). The summed E-state index contributed by atoms with van der Waals surface area (Å²) in [6.45, 7) is 3.92. The molecular weight excluding hydrogens is 244 g/mol. The molecule has 0 saturated heterocycles. The highest BCUT2D eigenvalue weighted by atomic mass is 35.5. The largest absolute Gasteiger partial charge is 0.229 e. The summed E-state index contributed by atoms with van der Waals surface area (Å²) in [7, 11) is -2.83. The molecule has 3 atom stereocenters. The molecule has 1 saturated carbocycles. The Labute approximate surface area is 105 Å². The average molecular weight is 267 g/mol. The molecule has 0 radical (unpaired) electrons. The van der Waals surface area contributed by atoms with Crippen LogP contribution in [0.3, 0.4) is 0 Å². The van der Waals surface area contributed by atoms with Crippen molar-refractivity contribution in [2.75, 3.05) is 11.5 Å². The molecule has 0 aromatic rings. The molecule has 0 amide bonds. The Morgan fingerprint density at radius 1 is 1.25 bits per heavy atom. The zero-order valence-corrected chi connectivity index (χ0v) is 11.9. The van der Waals surface area contributed by atoms with Crippen LogP contribution in [0, 0.1) is 11.8 Å². The van der Waals surface area contributed by atoms with E-state index in [1.165, 1.54) is 12.8 Å². The first-order valence-electron chi connectivity index (χ1n) is 6.33. The maximum Gasteiger partial charge on any atom is 0.150 e. The molecule has 0 spiro atoms. The zero-order chi connectivity index (χ0) is 12.2. The van der Waals surface area contributed by atoms with Gasteiger partial charge in [-0.25, -0.2) is 8.42 Å². The van der Waals surface area contributed by atoms with Crippen molar-refractivity contribution in [2.24, 2.45) is 11.8 Å². The predicted octanol–water partition coefficient (Wildman–Crippen LogP) is 3.24. The Morgan fingerprint density at radius 2 is 1.94 bits per heavy atom. The third-order valence-electron chi connectivity index (χ3n) is 3.82. The first-order chi connectivity index (χ1) is 7.48. The quantitative estimate of drug-likeness (QED) is 0.716. The minimum Gasteiger partial charge on any atom is -0.229 e. The molecule has 0 aromatic carbocycles. The molecule has 1 fully saturated rings. The van der Waals surface area contributed by atoms with Crippen molar-refractivity contribution in [3.63, 3.8) is 0 Å². The zero-order valence-electron chi connectivity index (χ0n) is 10.3. The first kappa shape index (κ1) is 14.3. The minimum atomic E-state index is -2.83. The SMILES string of the molecule is CCC1CCC(Cl)C(CCS(=O)(=O)CC)C1. The van der Waals surface area contributed by atoms with Crippen LogP contribution in [0.15, 0.2) is 0 Å². The van der Waals surface area contributed by atoms with Gasteiger partial charge in [0, 0.05) is 11.1 Å². The third kappa shape index (κ3) is 4.25. The molecule has 96 valence electrons. The van der Waals surface area contributed by atoms with Gasteiger partial charge in [-0.1, -0.05) is 20.3 Å². The second-order valence-corrected chi connectivity index (χ2v) is 7.92. The topological polar surface area (TPSA) is 34.1 Å². The van der Waals surface area contributed by atoms with Gasteiger partial charge in [-0.15, -0.1) is 11.6 Å². The van der Waals surface area contributed by atoms with Gasteiger partial charge < -0.3 is 0 Å². The Kier molecular flexibility index (Phi) is 5.58. The van der Waals surface area contributed by atoms with Crippen LogP contribution in [-0.2, 0) is 9.84 Å². The molecular formula is C12H23ClO2S. The Bertz CT molecular complexity index is 300. The first-order valence-corrected chi connectivity index (χ1v) is 8.58. The lowest BCUT2D eigenvalue weighted by Crippen LogP contribution is -2.27. The van der Waals surface area contributed by atoms with Crippen molar-refractivity contribution in [1.29, 1.82) is 0 Å². The van der Waals surface area contributed by atoms with Crippen molar-refractivity contribution in [2.45, 2.75) is 51.3 Å². The number of hydrogen-bond donors (Lipinski definition) is 0. The molecule has 1 aliphatic rings. The molecule has 0 N–H and O–H groups in total. The van der Waals surface area contributed by atoms with E-state index >= 15 is 0 Å². The van der Waals surface area contributed by atoms with Crippen molar-refractivity contribution >= 4 is 21.4 Å². The van der Waals surface area contributed by atoms with Crippen molar-refractivity contribution in [3.05, 3.63) is 0 Å².